The summed E-state index contributed by atoms with van der Waals surface area (Å²) in [6.07, 6.45) is 3.05. The molecular formula is C22H29NO3. The lowest BCUT2D eigenvalue weighted by Crippen LogP contribution is -2.53. The van der Waals surface area contributed by atoms with Gasteiger partial charge in [0.25, 0.3) is 0 Å². The highest BCUT2D eigenvalue weighted by Gasteiger charge is 2.43. The summed E-state index contributed by atoms with van der Waals surface area (Å²) in [6, 6.07) is 14.9. The molecule has 140 valence electrons. The molecule has 2 saturated heterocycles. The van der Waals surface area contributed by atoms with Crippen LogP contribution in [-0.2, 0) is 4.74 Å². The van der Waals surface area contributed by atoms with E-state index in [1.54, 1.807) is 0 Å². The summed E-state index contributed by atoms with van der Waals surface area (Å²) in [5, 5.41) is 13.2. The number of benzene rings is 2. The highest BCUT2D eigenvalue weighted by atomic mass is 16.5. The van der Waals surface area contributed by atoms with Gasteiger partial charge in [-0.25, -0.2) is 0 Å². The molecule has 1 N–H and O–H groups in total. The van der Waals surface area contributed by atoms with Crippen molar-refractivity contribution in [1.82, 2.24) is 4.90 Å². The van der Waals surface area contributed by atoms with Crippen LogP contribution in [0.2, 0.25) is 0 Å². The number of rotatable bonds is 5. The third kappa shape index (κ3) is 3.59. The summed E-state index contributed by atoms with van der Waals surface area (Å²) < 4.78 is 11.8. The van der Waals surface area contributed by atoms with Gasteiger partial charge in [0.05, 0.1) is 12.2 Å². The van der Waals surface area contributed by atoms with Gasteiger partial charge in [-0.1, -0.05) is 36.4 Å². The number of nitrogens with zero attached hydrogens (tertiary/aromatic N) is 1. The van der Waals surface area contributed by atoms with Crippen molar-refractivity contribution in [1.29, 1.82) is 0 Å². The first-order valence-electron chi connectivity index (χ1n) is 9.80. The normalized spacial score (nSPS) is 29.9. The minimum atomic E-state index is -0.623. The van der Waals surface area contributed by atoms with E-state index in [4.69, 9.17) is 9.47 Å². The highest BCUT2D eigenvalue weighted by Crippen LogP contribution is 2.35. The van der Waals surface area contributed by atoms with Crippen LogP contribution in [0.25, 0.3) is 10.8 Å². The van der Waals surface area contributed by atoms with E-state index in [1.807, 2.05) is 19.1 Å². The summed E-state index contributed by atoms with van der Waals surface area (Å²) in [4.78, 5) is 2.49. The van der Waals surface area contributed by atoms with E-state index in [-0.39, 0.29) is 5.92 Å². The number of hydrogen-bond acceptors (Lipinski definition) is 4. The number of fused-ring (bicyclic) bond motifs is 1. The van der Waals surface area contributed by atoms with Gasteiger partial charge in [0.15, 0.2) is 0 Å². The van der Waals surface area contributed by atoms with Gasteiger partial charge in [-0.2, -0.15) is 0 Å². The predicted octanol–water partition coefficient (Wildman–Crippen LogP) is 3.47. The molecule has 0 amide bonds. The van der Waals surface area contributed by atoms with Crippen molar-refractivity contribution in [2.24, 2.45) is 5.92 Å². The largest absolute Gasteiger partial charge is 0.492 e. The summed E-state index contributed by atoms with van der Waals surface area (Å²) in [7, 11) is 0. The first kappa shape index (κ1) is 17.8. The maximum Gasteiger partial charge on any atom is 0.127 e. The first-order valence-corrected chi connectivity index (χ1v) is 9.80. The number of likely N-dealkylation sites (tertiary alicyclic amines) is 1. The summed E-state index contributed by atoms with van der Waals surface area (Å²) in [5.41, 5.74) is -0.623. The molecule has 0 bridgehead atoms. The SMILES string of the molecule is CC1(O)CCOCC1C1CCCN1CCOc1cccc2ccccc12. The molecule has 4 heteroatoms. The fourth-order valence-electron chi connectivity index (χ4n) is 4.56. The van der Waals surface area contributed by atoms with Gasteiger partial charge in [-0.05, 0) is 44.2 Å². The zero-order chi connectivity index (χ0) is 18.0. The average molecular weight is 355 g/mol. The van der Waals surface area contributed by atoms with E-state index < -0.39 is 5.60 Å². The van der Waals surface area contributed by atoms with Crippen LogP contribution in [-0.4, -0.2) is 54.6 Å². The molecular weight excluding hydrogens is 326 g/mol. The summed E-state index contributed by atoms with van der Waals surface area (Å²) in [5.74, 6) is 1.14. The van der Waals surface area contributed by atoms with E-state index >= 15 is 0 Å². The fourth-order valence-corrected chi connectivity index (χ4v) is 4.56. The predicted molar refractivity (Wildman–Crippen MR) is 104 cm³/mol. The molecule has 2 aromatic carbocycles. The van der Waals surface area contributed by atoms with E-state index in [0.29, 0.717) is 25.9 Å². The Hall–Kier alpha value is -1.62. The second-order valence-electron chi connectivity index (χ2n) is 7.86. The van der Waals surface area contributed by atoms with Crippen LogP contribution in [0, 0.1) is 5.92 Å². The highest BCUT2D eigenvalue weighted by molar-refractivity contribution is 5.88. The molecule has 2 aromatic rings. The van der Waals surface area contributed by atoms with Crippen molar-refractivity contribution in [3.8, 4) is 5.75 Å². The van der Waals surface area contributed by atoms with Gasteiger partial charge >= 0.3 is 0 Å². The summed E-state index contributed by atoms with van der Waals surface area (Å²) in [6.45, 7) is 5.94. The van der Waals surface area contributed by atoms with Crippen LogP contribution in [0.3, 0.4) is 0 Å². The lowest BCUT2D eigenvalue weighted by Gasteiger charge is -2.43. The standard InChI is InChI=1S/C22H29NO3/c1-22(24)11-14-25-16-19(22)20-9-5-12-23(20)13-15-26-21-10-4-7-17-6-2-3-8-18(17)21/h2-4,6-8,10,19-20,24H,5,9,11-16H2,1H3. The van der Waals surface area contributed by atoms with Gasteiger partial charge in [0.1, 0.15) is 12.4 Å². The van der Waals surface area contributed by atoms with Gasteiger partial charge in [-0.15, -0.1) is 0 Å². The Balaban J connectivity index is 1.39. The summed E-state index contributed by atoms with van der Waals surface area (Å²) >= 11 is 0. The lowest BCUT2D eigenvalue weighted by atomic mass is 9.79. The Morgan fingerprint density at radius 1 is 1.23 bits per heavy atom. The van der Waals surface area contributed by atoms with Crippen molar-refractivity contribution in [3.05, 3.63) is 42.5 Å². The third-order valence-electron chi connectivity index (χ3n) is 6.11. The Bertz CT molecular complexity index is 740. The van der Waals surface area contributed by atoms with E-state index in [0.717, 1.165) is 37.1 Å². The fraction of sp³-hybridized carbons (Fsp3) is 0.545. The molecule has 2 fully saturated rings. The van der Waals surface area contributed by atoms with E-state index in [9.17, 15) is 5.11 Å². The van der Waals surface area contributed by atoms with Crippen molar-refractivity contribution in [2.75, 3.05) is 32.9 Å². The van der Waals surface area contributed by atoms with Crippen LogP contribution in [0.1, 0.15) is 26.2 Å². The molecule has 0 saturated carbocycles. The maximum atomic E-state index is 10.8. The Labute approximate surface area is 155 Å². The molecule has 2 heterocycles. The molecule has 26 heavy (non-hydrogen) atoms. The van der Waals surface area contributed by atoms with E-state index in [2.05, 4.69) is 35.2 Å². The minimum Gasteiger partial charge on any atom is -0.492 e. The molecule has 0 spiro atoms. The molecule has 3 unspecified atom stereocenters. The van der Waals surface area contributed by atoms with Crippen molar-refractivity contribution >= 4 is 10.8 Å². The molecule has 2 aliphatic heterocycles. The smallest absolute Gasteiger partial charge is 0.127 e. The Morgan fingerprint density at radius 2 is 2.08 bits per heavy atom. The van der Waals surface area contributed by atoms with Crippen LogP contribution >= 0.6 is 0 Å². The molecule has 4 rings (SSSR count). The average Bonchev–Trinajstić information content (AvgIpc) is 3.10. The minimum absolute atomic E-state index is 0.191. The van der Waals surface area contributed by atoms with Crippen LogP contribution in [0.5, 0.6) is 5.75 Å². The van der Waals surface area contributed by atoms with Crippen LogP contribution in [0.4, 0.5) is 0 Å². The van der Waals surface area contributed by atoms with Crippen molar-refractivity contribution in [3.63, 3.8) is 0 Å². The second-order valence-corrected chi connectivity index (χ2v) is 7.86. The van der Waals surface area contributed by atoms with Crippen LogP contribution < -0.4 is 4.74 Å². The molecule has 0 radical (unpaired) electrons. The van der Waals surface area contributed by atoms with Crippen molar-refractivity contribution < 1.29 is 14.6 Å². The quantitative estimate of drug-likeness (QED) is 0.892. The Kier molecular flexibility index (Phi) is 5.16. The zero-order valence-corrected chi connectivity index (χ0v) is 15.6. The van der Waals surface area contributed by atoms with Gasteiger partial charge < -0.3 is 14.6 Å². The first-order chi connectivity index (χ1) is 12.6. The molecule has 4 nitrogen and oxygen atoms in total. The molecule has 0 aromatic heterocycles. The molecule has 3 atom stereocenters. The number of hydrogen-bond donors (Lipinski definition) is 1. The molecule has 2 aliphatic rings. The maximum absolute atomic E-state index is 10.8. The topological polar surface area (TPSA) is 41.9 Å². The zero-order valence-electron chi connectivity index (χ0n) is 15.6. The number of aliphatic hydroxyl groups is 1. The lowest BCUT2D eigenvalue weighted by molar-refractivity contribution is -0.123. The third-order valence-corrected chi connectivity index (χ3v) is 6.11. The van der Waals surface area contributed by atoms with Crippen LogP contribution in [0.15, 0.2) is 42.5 Å². The Morgan fingerprint density at radius 3 is 2.96 bits per heavy atom. The monoisotopic (exact) mass is 355 g/mol. The van der Waals surface area contributed by atoms with Gasteiger partial charge in [0, 0.05) is 30.5 Å². The second kappa shape index (κ2) is 7.55. The van der Waals surface area contributed by atoms with Gasteiger partial charge in [0.2, 0.25) is 0 Å². The number of ether oxygens (including phenoxy) is 2. The van der Waals surface area contributed by atoms with Crippen molar-refractivity contribution in [2.45, 2.75) is 37.8 Å². The van der Waals surface area contributed by atoms with E-state index in [1.165, 1.54) is 11.8 Å². The molecule has 0 aliphatic carbocycles. The van der Waals surface area contributed by atoms with Gasteiger partial charge in [-0.3, -0.25) is 4.90 Å².